The van der Waals surface area contributed by atoms with Gasteiger partial charge >= 0.3 is 12.2 Å². The molecule has 0 aromatic heterocycles. The highest BCUT2D eigenvalue weighted by Crippen LogP contribution is 2.36. The summed E-state index contributed by atoms with van der Waals surface area (Å²) >= 11 is 0. The molecule has 2 rings (SSSR count). The van der Waals surface area contributed by atoms with Crippen LogP contribution in [0.25, 0.3) is 0 Å². The van der Waals surface area contributed by atoms with E-state index in [1.54, 1.807) is 6.08 Å². The highest BCUT2D eigenvalue weighted by molar-refractivity contribution is 5.67. The zero-order valence-corrected chi connectivity index (χ0v) is 17.8. The van der Waals surface area contributed by atoms with Gasteiger partial charge in [-0.3, -0.25) is 0 Å². The molecule has 31 heavy (non-hydrogen) atoms. The molecule has 0 bridgehead atoms. The van der Waals surface area contributed by atoms with Gasteiger partial charge in [0.2, 0.25) is 6.08 Å². The maximum Gasteiger partial charge on any atom is 0.428 e. The number of carbonyl (C=O) groups is 2. The summed E-state index contributed by atoms with van der Waals surface area (Å²) in [6.45, 7) is 0.386. The van der Waals surface area contributed by atoms with Gasteiger partial charge in [0.15, 0.2) is 0 Å². The SMILES string of the molecule is O=C=NNC(=O)OCCCCOC(=O)NC1CCC(CC2CCC(N=C=O)CC2)CC1. The predicted octanol–water partition coefficient (Wildman–Crippen LogP) is 3.31. The topological polar surface area (TPSA) is 136 Å². The highest BCUT2D eigenvalue weighted by Gasteiger charge is 2.27. The van der Waals surface area contributed by atoms with E-state index in [-0.39, 0.29) is 25.3 Å². The van der Waals surface area contributed by atoms with Gasteiger partial charge in [-0.15, -0.1) is 0 Å². The molecule has 0 atom stereocenters. The molecule has 2 aliphatic rings. The van der Waals surface area contributed by atoms with Gasteiger partial charge in [-0.1, -0.05) is 5.10 Å². The Bertz CT molecular complexity index is 659. The monoisotopic (exact) mass is 436 g/mol. The minimum atomic E-state index is -0.822. The highest BCUT2D eigenvalue weighted by atomic mass is 16.6. The van der Waals surface area contributed by atoms with Crippen molar-refractivity contribution < 1.29 is 28.7 Å². The summed E-state index contributed by atoms with van der Waals surface area (Å²) in [6.07, 6.45) is 12.4. The van der Waals surface area contributed by atoms with E-state index in [9.17, 15) is 19.2 Å². The fourth-order valence-corrected chi connectivity index (χ4v) is 4.44. The molecule has 0 aromatic carbocycles. The lowest BCUT2D eigenvalue weighted by Gasteiger charge is -2.33. The van der Waals surface area contributed by atoms with E-state index in [1.165, 1.54) is 12.5 Å². The van der Waals surface area contributed by atoms with Crippen LogP contribution in [0.1, 0.15) is 70.6 Å². The van der Waals surface area contributed by atoms with Crippen LogP contribution in [0.4, 0.5) is 9.59 Å². The first kappa shape index (κ1) is 24.6. The van der Waals surface area contributed by atoms with E-state index in [4.69, 9.17) is 9.47 Å². The fourth-order valence-electron chi connectivity index (χ4n) is 4.44. The van der Waals surface area contributed by atoms with Gasteiger partial charge in [-0.2, -0.15) is 0 Å². The van der Waals surface area contributed by atoms with E-state index in [0.29, 0.717) is 18.8 Å². The molecule has 2 N–H and O–H groups in total. The van der Waals surface area contributed by atoms with Crippen LogP contribution in [0.3, 0.4) is 0 Å². The Kier molecular flexibility index (Phi) is 11.4. The third kappa shape index (κ3) is 10.2. The number of nitrogens with one attached hydrogen (secondary N) is 2. The van der Waals surface area contributed by atoms with Crippen LogP contribution in [0.2, 0.25) is 0 Å². The van der Waals surface area contributed by atoms with Crippen LogP contribution in [0.15, 0.2) is 10.1 Å². The Balaban J connectivity index is 1.48. The lowest BCUT2D eigenvalue weighted by atomic mass is 9.76. The molecule has 10 heteroatoms. The molecule has 0 aromatic rings. The van der Waals surface area contributed by atoms with Crippen LogP contribution < -0.4 is 10.7 Å². The lowest BCUT2D eigenvalue weighted by Crippen LogP contribution is -2.38. The second kappa shape index (κ2) is 14.3. The molecule has 0 saturated heterocycles. The number of alkyl carbamates (subject to hydrolysis) is 1. The van der Waals surface area contributed by atoms with E-state index in [0.717, 1.165) is 57.3 Å². The number of rotatable bonds is 10. The number of hydrazone groups is 1. The number of unbranched alkanes of at least 4 members (excludes halogenated alkanes) is 1. The molecule has 2 fully saturated rings. The number of aliphatic imine (C=N–C) groups is 1. The van der Waals surface area contributed by atoms with Crippen molar-refractivity contribution in [2.45, 2.75) is 82.7 Å². The zero-order valence-electron chi connectivity index (χ0n) is 17.8. The van der Waals surface area contributed by atoms with E-state index in [2.05, 4.69) is 15.4 Å². The number of amides is 2. The van der Waals surface area contributed by atoms with Gasteiger partial charge in [-0.05, 0) is 82.5 Å². The zero-order chi connectivity index (χ0) is 22.3. The van der Waals surface area contributed by atoms with Gasteiger partial charge in [0.1, 0.15) is 0 Å². The molecule has 0 aliphatic heterocycles. The average molecular weight is 437 g/mol. The van der Waals surface area contributed by atoms with E-state index >= 15 is 0 Å². The number of carbonyl (C=O) groups excluding carboxylic acids is 4. The third-order valence-corrected chi connectivity index (χ3v) is 6.08. The van der Waals surface area contributed by atoms with Gasteiger partial charge in [0, 0.05) is 6.04 Å². The summed E-state index contributed by atoms with van der Waals surface area (Å²) < 4.78 is 9.94. The maximum absolute atomic E-state index is 11.9. The predicted molar refractivity (Wildman–Crippen MR) is 111 cm³/mol. The average Bonchev–Trinajstić information content (AvgIpc) is 2.77. The molecule has 0 spiro atoms. The van der Waals surface area contributed by atoms with E-state index < -0.39 is 12.2 Å². The van der Waals surface area contributed by atoms with E-state index in [1.807, 2.05) is 5.43 Å². The first-order valence-corrected chi connectivity index (χ1v) is 11.1. The number of hydrogen-bond acceptors (Lipinski definition) is 8. The Morgan fingerprint density at radius 3 is 1.97 bits per heavy atom. The molecule has 0 unspecified atom stereocenters. The minimum Gasteiger partial charge on any atom is -0.450 e. The fraction of sp³-hybridized carbons (Fsp3) is 0.810. The number of ether oxygens (including phenoxy) is 2. The van der Waals surface area contributed by atoms with Gasteiger partial charge < -0.3 is 14.8 Å². The van der Waals surface area contributed by atoms with Crippen LogP contribution in [-0.2, 0) is 19.1 Å². The third-order valence-electron chi connectivity index (χ3n) is 6.08. The summed E-state index contributed by atoms with van der Waals surface area (Å²) in [5.41, 5.74) is 1.85. The number of nitrogens with zero attached hydrogens (tertiary/aromatic N) is 2. The largest absolute Gasteiger partial charge is 0.450 e. The standard InChI is InChI=1S/C21H32N4O6/c26-14-22-18-7-3-16(4-8-18)13-17-5-9-19(10-6-17)24-20(28)30-11-1-2-12-31-21(29)25-23-15-27/h16-19H,1-13H2,(H,24,28)(H,25,29). The first-order valence-electron chi connectivity index (χ1n) is 11.1. The van der Waals surface area contributed by atoms with Crippen molar-refractivity contribution in [1.82, 2.24) is 10.7 Å². The summed E-state index contributed by atoms with van der Waals surface area (Å²) in [5, 5.41) is 5.83. The van der Waals surface area contributed by atoms with Gasteiger partial charge in [0.05, 0.1) is 19.3 Å². The molecular formula is C21H32N4O6. The summed E-state index contributed by atoms with van der Waals surface area (Å²) in [4.78, 5) is 47.0. The molecule has 2 amide bonds. The Morgan fingerprint density at radius 2 is 1.39 bits per heavy atom. The number of hydrogen-bond donors (Lipinski definition) is 2. The Morgan fingerprint density at radius 1 is 0.806 bits per heavy atom. The summed E-state index contributed by atoms with van der Waals surface area (Å²) in [6, 6.07) is 0.335. The molecule has 172 valence electrons. The Hall–Kier alpha value is -2.70. The smallest absolute Gasteiger partial charge is 0.428 e. The molecule has 0 heterocycles. The van der Waals surface area contributed by atoms with Crippen molar-refractivity contribution >= 4 is 24.3 Å². The van der Waals surface area contributed by atoms with Crippen molar-refractivity contribution in [1.29, 1.82) is 0 Å². The minimum absolute atomic E-state index is 0.140. The normalized spacial score (nSPS) is 25.3. The second-order valence-electron chi connectivity index (χ2n) is 8.29. The lowest BCUT2D eigenvalue weighted by molar-refractivity contribution is 0.123. The molecular weight excluding hydrogens is 404 g/mol. The number of isocyanates is 2. The molecule has 10 nitrogen and oxygen atoms in total. The van der Waals surface area contributed by atoms with Gasteiger partial charge in [0.25, 0.3) is 6.08 Å². The van der Waals surface area contributed by atoms with Crippen LogP contribution in [0.5, 0.6) is 0 Å². The molecule has 2 saturated carbocycles. The van der Waals surface area contributed by atoms with Crippen molar-refractivity contribution in [2.75, 3.05) is 13.2 Å². The van der Waals surface area contributed by atoms with Crippen LogP contribution in [0, 0.1) is 11.8 Å². The summed E-state index contributed by atoms with van der Waals surface area (Å²) in [7, 11) is 0. The second-order valence-corrected chi connectivity index (χ2v) is 8.29. The van der Waals surface area contributed by atoms with Crippen molar-refractivity contribution in [3.05, 3.63) is 0 Å². The van der Waals surface area contributed by atoms with Crippen molar-refractivity contribution in [3.8, 4) is 0 Å². The first-order chi connectivity index (χ1) is 15.1. The van der Waals surface area contributed by atoms with Crippen molar-refractivity contribution in [2.24, 2.45) is 21.9 Å². The van der Waals surface area contributed by atoms with Gasteiger partial charge in [-0.25, -0.2) is 29.6 Å². The quantitative estimate of drug-likeness (QED) is 0.233. The maximum atomic E-state index is 11.9. The van der Waals surface area contributed by atoms with Crippen molar-refractivity contribution in [3.63, 3.8) is 0 Å². The summed E-state index contributed by atoms with van der Waals surface area (Å²) in [5.74, 6) is 1.44. The van der Waals surface area contributed by atoms with Crippen LogP contribution in [-0.4, -0.2) is 49.6 Å². The van der Waals surface area contributed by atoms with Crippen LogP contribution >= 0.6 is 0 Å². The Labute approximate surface area is 182 Å². The molecule has 0 radical (unpaired) electrons. The molecule has 2 aliphatic carbocycles.